The molecule has 1 aromatic rings. The minimum absolute atomic E-state index is 0.172. The summed E-state index contributed by atoms with van der Waals surface area (Å²) in [5, 5.41) is 0. The van der Waals surface area contributed by atoms with Crippen LogP contribution < -0.4 is 0 Å². The molecule has 25 heavy (non-hydrogen) atoms. The molecule has 3 amide bonds. The zero-order chi connectivity index (χ0) is 18.0. The van der Waals surface area contributed by atoms with E-state index >= 15 is 0 Å². The number of hydrogen-bond donors (Lipinski definition) is 0. The predicted molar refractivity (Wildman–Crippen MR) is 97.8 cm³/mol. The molecular formula is C20H24N3O2+. The Labute approximate surface area is 148 Å². The molecule has 3 rings (SSSR count). The summed E-state index contributed by atoms with van der Waals surface area (Å²) in [5.74, 6) is 0.310. The number of nitrogens with zero attached hydrogens (tertiary/aromatic N) is 3. The highest BCUT2D eigenvalue weighted by atomic mass is 16.2. The van der Waals surface area contributed by atoms with Crippen molar-refractivity contribution >= 4 is 24.0 Å². The number of fused-ring (bicyclic) bond motifs is 1. The van der Waals surface area contributed by atoms with Crippen molar-refractivity contribution in [3.05, 3.63) is 47.5 Å². The first-order valence-electron chi connectivity index (χ1n) is 8.73. The van der Waals surface area contributed by atoms with Crippen molar-refractivity contribution in [3.63, 3.8) is 0 Å². The maximum atomic E-state index is 13.0. The molecule has 0 aliphatic carbocycles. The second-order valence-corrected chi connectivity index (χ2v) is 7.03. The lowest BCUT2D eigenvalue weighted by atomic mass is 10.0. The first-order valence-corrected chi connectivity index (χ1v) is 8.73. The summed E-state index contributed by atoms with van der Waals surface area (Å²) in [4.78, 5) is 31.5. The molecule has 1 aromatic carbocycles. The van der Waals surface area contributed by atoms with Gasteiger partial charge < -0.3 is 0 Å². The van der Waals surface area contributed by atoms with Crippen LogP contribution in [0.15, 0.2) is 41.4 Å². The van der Waals surface area contributed by atoms with Gasteiger partial charge in [-0.05, 0) is 30.9 Å². The Morgan fingerprint density at radius 2 is 1.92 bits per heavy atom. The molecule has 0 saturated carbocycles. The highest BCUT2D eigenvalue weighted by Gasteiger charge is 2.46. The fraction of sp³-hybridized carbons (Fsp3) is 0.400. The minimum atomic E-state index is -0.472. The smallest absolute Gasteiger partial charge is 0.255 e. The molecule has 5 nitrogen and oxygen atoms in total. The number of hydrogen-bond acceptors (Lipinski definition) is 3. The highest BCUT2D eigenvalue weighted by molar-refractivity contribution is 6.14. The van der Waals surface area contributed by atoms with Gasteiger partial charge in [0.05, 0.1) is 6.54 Å². The number of rotatable bonds is 5. The van der Waals surface area contributed by atoms with Crippen LogP contribution in [-0.2, 0) is 11.3 Å². The van der Waals surface area contributed by atoms with Gasteiger partial charge in [-0.3, -0.25) is 4.79 Å². The first-order chi connectivity index (χ1) is 12.0. The van der Waals surface area contributed by atoms with Crippen LogP contribution in [0.2, 0.25) is 0 Å². The Kier molecular flexibility index (Phi) is 4.93. The van der Waals surface area contributed by atoms with E-state index in [4.69, 9.17) is 0 Å². The van der Waals surface area contributed by atoms with Crippen molar-refractivity contribution in [2.45, 2.75) is 33.7 Å². The van der Waals surface area contributed by atoms with E-state index in [1.807, 2.05) is 37.3 Å². The molecule has 1 atom stereocenters. The van der Waals surface area contributed by atoms with Crippen LogP contribution in [0, 0.1) is 18.8 Å². The lowest BCUT2D eigenvalue weighted by Crippen LogP contribution is -2.54. The maximum Gasteiger partial charge on any atom is 0.446 e. The van der Waals surface area contributed by atoms with E-state index in [9.17, 15) is 9.59 Å². The molecule has 0 bridgehead atoms. The molecule has 2 aliphatic rings. The lowest BCUT2D eigenvalue weighted by molar-refractivity contribution is -0.458. The number of dihydropyridines is 1. The van der Waals surface area contributed by atoms with Crippen molar-refractivity contribution in [2.24, 2.45) is 16.8 Å². The average molecular weight is 338 g/mol. The van der Waals surface area contributed by atoms with Crippen molar-refractivity contribution in [2.75, 3.05) is 6.54 Å². The molecular weight excluding hydrogens is 314 g/mol. The number of amidine groups is 1. The second-order valence-electron chi connectivity index (χ2n) is 7.03. The summed E-state index contributed by atoms with van der Waals surface area (Å²) in [6.45, 7) is 7.07. The normalized spacial score (nSPS) is 19.8. The van der Waals surface area contributed by atoms with E-state index in [0.717, 1.165) is 12.0 Å². The Balaban J connectivity index is 1.95. The van der Waals surface area contributed by atoms with Crippen LogP contribution in [-0.4, -0.2) is 40.0 Å². The van der Waals surface area contributed by atoms with Gasteiger partial charge in [-0.1, -0.05) is 49.8 Å². The average Bonchev–Trinajstić information content (AvgIpc) is 2.60. The molecule has 0 radical (unpaired) electrons. The zero-order valence-electron chi connectivity index (χ0n) is 15.0. The zero-order valence-corrected chi connectivity index (χ0v) is 15.0. The van der Waals surface area contributed by atoms with Crippen LogP contribution in [0.4, 0.5) is 4.79 Å². The quantitative estimate of drug-likeness (QED) is 0.774. The third kappa shape index (κ3) is 3.60. The monoisotopic (exact) mass is 338 g/mol. The topological polar surface area (TPSA) is 52.8 Å². The standard InChI is InChI=1S/C20H24N3O2/c1-14(2)10-12-22-19(24)17-5-4-11-21-18(17)23(20(22)25)13-16-8-6-15(3)7-9-16/h4-9,11,14,17H,10,12-13H2,1-3H3/q+1. The summed E-state index contributed by atoms with van der Waals surface area (Å²) in [6.07, 6.45) is 6.03. The van der Waals surface area contributed by atoms with Crippen LogP contribution >= 0.6 is 0 Å². The van der Waals surface area contributed by atoms with Gasteiger partial charge in [0.1, 0.15) is 12.8 Å². The van der Waals surface area contributed by atoms with E-state index in [1.165, 1.54) is 10.5 Å². The number of carbonyl (C=O) groups is 2. The molecule has 2 heterocycles. The minimum Gasteiger partial charge on any atom is -0.255 e. The predicted octanol–water partition coefficient (Wildman–Crippen LogP) is 3.17. The Bertz CT molecular complexity index is 773. The van der Waals surface area contributed by atoms with Crippen molar-refractivity contribution < 1.29 is 14.2 Å². The summed E-state index contributed by atoms with van der Waals surface area (Å²) < 4.78 is 1.64. The Hall–Kier alpha value is -2.56. The van der Waals surface area contributed by atoms with Crippen LogP contribution in [0.25, 0.3) is 0 Å². The summed E-state index contributed by atoms with van der Waals surface area (Å²) >= 11 is 0. The second kappa shape index (κ2) is 7.13. The highest BCUT2D eigenvalue weighted by Crippen LogP contribution is 2.21. The van der Waals surface area contributed by atoms with E-state index < -0.39 is 5.92 Å². The van der Waals surface area contributed by atoms with Crippen molar-refractivity contribution in [3.8, 4) is 0 Å². The van der Waals surface area contributed by atoms with Crippen LogP contribution in [0.1, 0.15) is 31.4 Å². The third-order valence-electron chi connectivity index (χ3n) is 4.54. The molecule has 0 saturated heterocycles. The number of imide groups is 1. The maximum absolute atomic E-state index is 13.0. The molecule has 0 N–H and O–H groups in total. The summed E-state index contributed by atoms with van der Waals surface area (Å²) in [7, 11) is 0. The molecule has 130 valence electrons. The van der Waals surface area contributed by atoms with Crippen molar-refractivity contribution in [1.82, 2.24) is 4.90 Å². The number of amides is 3. The van der Waals surface area contributed by atoms with Crippen LogP contribution in [0.5, 0.6) is 0 Å². The molecule has 0 fully saturated rings. The number of allylic oxidation sites excluding steroid dienone is 1. The first kappa shape index (κ1) is 17.3. The fourth-order valence-corrected chi connectivity index (χ4v) is 3.00. The third-order valence-corrected chi connectivity index (χ3v) is 4.54. The van der Waals surface area contributed by atoms with Gasteiger partial charge in [-0.2, -0.15) is 9.48 Å². The van der Waals surface area contributed by atoms with Gasteiger partial charge in [-0.15, -0.1) is 4.99 Å². The SMILES string of the molecule is Cc1ccc(C[N+]2=C3N=CC=CC3C(=O)N(CCC(C)C)C2=O)cc1. The van der Waals surface area contributed by atoms with Gasteiger partial charge in [-0.25, -0.2) is 4.79 Å². The largest absolute Gasteiger partial charge is 0.446 e. The molecule has 2 aliphatic heterocycles. The van der Waals surface area contributed by atoms with Gasteiger partial charge in [0.15, 0.2) is 5.92 Å². The summed E-state index contributed by atoms with van der Waals surface area (Å²) in [5.41, 5.74) is 2.19. The van der Waals surface area contributed by atoms with Crippen molar-refractivity contribution in [1.29, 1.82) is 0 Å². The van der Waals surface area contributed by atoms with Gasteiger partial charge in [0.25, 0.3) is 5.84 Å². The lowest BCUT2D eigenvalue weighted by Gasteiger charge is -2.27. The number of benzene rings is 1. The Morgan fingerprint density at radius 1 is 1.20 bits per heavy atom. The van der Waals surface area contributed by atoms with E-state index in [-0.39, 0.29) is 11.9 Å². The fourth-order valence-electron chi connectivity index (χ4n) is 3.00. The molecule has 0 aromatic heterocycles. The van der Waals surface area contributed by atoms with Crippen LogP contribution in [0.3, 0.4) is 0 Å². The summed E-state index contributed by atoms with van der Waals surface area (Å²) in [6, 6.07) is 7.80. The van der Waals surface area contributed by atoms with E-state index in [1.54, 1.807) is 16.9 Å². The molecule has 1 unspecified atom stereocenters. The molecule has 0 spiro atoms. The van der Waals surface area contributed by atoms with E-state index in [2.05, 4.69) is 18.8 Å². The Morgan fingerprint density at radius 3 is 2.60 bits per heavy atom. The van der Waals surface area contributed by atoms with Gasteiger partial charge >= 0.3 is 11.9 Å². The van der Waals surface area contributed by atoms with Gasteiger partial charge in [0.2, 0.25) is 0 Å². The van der Waals surface area contributed by atoms with Gasteiger partial charge in [0, 0.05) is 0 Å². The number of aryl methyl sites for hydroxylation is 1. The number of aliphatic imine (C=N–C) groups is 1. The number of carbonyl (C=O) groups excluding carboxylic acids is 2. The number of urea groups is 1. The van der Waals surface area contributed by atoms with E-state index in [0.29, 0.717) is 24.8 Å². The molecule has 5 heteroatoms.